The molecule has 3 aromatic rings. The van der Waals surface area contributed by atoms with E-state index in [9.17, 15) is 8.42 Å². The number of fused-ring (bicyclic) bond motifs is 2. The van der Waals surface area contributed by atoms with Gasteiger partial charge in [-0.2, -0.15) is 0 Å². The molecule has 158 valence electrons. The summed E-state index contributed by atoms with van der Waals surface area (Å²) in [5.74, 6) is 1.01. The molecule has 0 saturated carbocycles. The molecule has 0 radical (unpaired) electrons. The normalized spacial score (nSPS) is 17.0. The highest BCUT2D eigenvalue weighted by molar-refractivity contribution is 7.92. The van der Waals surface area contributed by atoms with Crippen LogP contribution in [0, 0.1) is 0 Å². The van der Waals surface area contributed by atoms with Crippen LogP contribution in [0.25, 0.3) is 10.2 Å². The molecule has 30 heavy (non-hydrogen) atoms. The summed E-state index contributed by atoms with van der Waals surface area (Å²) in [4.78, 5) is 6.99. The minimum absolute atomic E-state index is 0.130. The van der Waals surface area contributed by atoms with Crippen LogP contribution in [0.5, 0.6) is 11.5 Å². The molecule has 1 saturated heterocycles. The SMILES string of the molecule is O=S(=O)(Nc1ccc2nc(N3CCOCC3)sc2c1)c1ccc2c(c1)OCCCO2. The lowest BCUT2D eigenvalue weighted by Crippen LogP contribution is -2.36. The number of hydrogen-bond donors (Lipinski definition) is 1. The third-order valence-corrected chi connectivity index (χ3v) is 7.40. The minimum Gasteiger partial charge on any atom is -0.490 e. The Labute approximate surface area is 178 Å². The molecule has 2 aliphatic rings. The van der Waals surface area contributed by atoms with Crippen molar-refractivity contribution in [3.63, 3.8) is 0 Å². The van der Waals surface area contributed by atoms with E-state index in [0.717, 1.165) is 34.9 Å². The average Bonchev–Trinajstić information content (AvgIpc) is 3.03. The van der Waals surface area contributed by atoms with E-state index < -0.39 is 10.0 Å². The molecular weight excluding hydrogens is 426 g/mol. The standard InChI is InChI=1S/C20H21N3O5S2/c24-30(25,15-3-5-17-18(13-15)28-9-1-8-27-17)22-14-2-4-16-19(12-14)29-20(21-16)23-6-10-26-11-7-23/h2-5,12-13,22H,1,6-11H2. The fourth-order valence-corrected chi connectivity index (χ4v) is 5.51. The second-order valence-corrected chi connectivity index (χ2v) is 9.73. The van der Waals surface area contributed by atoms with Gasteiger partial charge < -0.3 is 19.1 Å². The minimum atomic E-state index is -3.77. The quantitative estimate of drug-likeness (QED) is 0.657. The van der Waals surface area contributed by atoms with Crippen molar-refractivity contribution in [1.82, 2.24) is 4.98 Å². The molecule has 0 unspecified atom stereocenters. The van der Waals surface area contributed by atoms with E-state index >= 15 is 0 Å². The highest BCUT2D eigenvalue weighted by Crippen LogP contribution is 2.34. The Morgan fingerprint density at radius 2 is 1.77 bits per heavy atom. The maximum Gasteiger partial charge on any atom is 0.262 e. The molecule has 1 aromatic heterocycles. The van der Waals surface area contributed by atoms with Gasteiger partial charge in [0.05, 0.1) is 47.2 Å². The number of sulfonamides is 1. The summed E-state index contributed by atoms with van der Waals surface area (Å²) in [6.45, 7) is 4.05. The van der Waals surface area contributed by atoms with Crippen LogP contribution in [0.1, 0.15) is 6.42 Å². The summed E-state index contributed by atoms with van der Waals surface area (Å²) in [6, 6.07) is 10.0. The van der Waals surface area contributed by atoms with Crippen molar-refractivity contribution >= 4 is 42.4 Å². The van der Waals surface area contributed by atoms with Crippen LogP contribution in [-0.2, 0) is 14.8 Å². The lowest BCUT2D eigenvalue weighted by molar-refractivity contribution is 0.122. The Bertz CT molecular complexity index is 1170. The zero-order valence-electron chi connectivity index (χ0n) is 16.2. The highest BCUT2D eigenvalue weighted by Gasteiger charge is 2.20. The molecule has 3 heterocycles. The molecule has 0 amide bonds. The van der Waals surface area contributed by atoms with Gasteiger partial charge in [0, 0.05) is 25.6 Å². The molecule has 2 aromatic carbocycles. The van der Waals surface area contributed by atoms with E-state index in [1.165, 1.54) is 12.1 Å². The van der Waals surface area contributed by atoms with Gasteiger partial charge in [-0.15, -0.1) is 0 Å². The molecule has 0 spiro atoms. The molecule has 8 nitrogen and oxygen atoms in total. The maximum absolute atomic E-state index is 12.9. The zero-order valence-corrected chi connectivity index (χ0v) is 17.8. The predicted octanol–water partition coefficient (Wildman–Crippen LogP) is 3.10. The van der Waals surface area contributed by atoms with Crippen LogP contribution in [0.2, 0.25) is 0 Å². The molecular formula is C20H21N3O5S2. The van der Waals surface area contributed by atoms with E-state index in [4.69, 9.17) is 14.2 Å². The molecule has 1 N–H and O–H groups in total. The highest BCUT2D eigenvalue weighted by atomic mass is 32.2. The Hall–Kier alpha value is -2.56. The maximum atomic E-state index is 12.9. The first kappa shape index (κ1) is 19.4. The second-order valence-electron chi connectivity index (χ2n) is 7.04. The number of nitrogens with zero attached hydrogens (tertiary/aromatic N) is 2. The van der Waals surface area contributed by atoms with Crippen LogP contribution in [-0.4, -0.2) is 52.9 Å². The van der Waals surface area contributed by atoms with Crippen molar-refractivity contribution in [2.75, 3.05) is 49.1 Å². The second kappa shape index (κ2) is 7.93. The average molecular weight is 448 g/mol. The van der Waals surface area contributed by atoms with Gasteiger partial charge in [0.15, 0.2) is 16.6 Å². The van der Waals surface area contributed by atoms with Gasteiger partial charge in [-0.05, 0) is 30.3 Å². The number of anilines is 2. The summed E-state index contributed by atoms with van der Waals surface area (Å²) in [7, 11) is -3.77. The van der Waals surface area contributed by atoms with Gasteiger partial charge in [0.2, 0.25) is 0 Å². The summed E-state index contributed by atoms with van der Waals surface area (Å²) in [6.07, 6.45) is 0.760. The number of morpholine rings is 1. The number of rotatable bonds is 4. The fourth-order valence-electron chi connectivity index (χ4n) is 3.39. The number of aromatic nitrogens is 1. The predicted molar refractivity (Wildman–Crippen MR) is 116 cm³/mol. The molecule has 2 aliphatic heterocycles. The van der Waals surface area contributed by atoms with E-state index in [2.05, 4.69) is 14.6 Å². The Morgan fingerprint density at radius 1 is 0.967 bits per heavy atom. The summed E-state index contributed by atoms with van der Waals surface area (Å²) < 4.78 is 46.0. The first-order chi connectivity index (χ1) is 14.6. The lowest BCUT2D eigenvalue weighted by Gasteiger charge is -2.25. The van der Waals surface area contributed by atoms with Gasteiger partial charge in [0.1, 0.15) is 0 Å². The van der Waals surface area contributed by atoms with Gasteiger partial charge in [0.25, 0.3) is 10.0 Å². The number of ether oxygens (including phenoxy) is 3. The van der Waals surface area contributed by atoms with Crippen LogP contribution in [0.15, 0.2) is 41.3 Å². The molecule has 5 rings (SSSR count). The van der Waals surface area contributed by atoms with Gasteiger partial charge in [-0.25, -0.2) is 13.4 Å². The molecule has 0 atom stereocenters. The summed E-state index contributed by atoms with van der Waals surface area (Å²) >= 11 is 1.55. The third kappa shape index (κ3) is 3.90. The Balaban J connectivity index is 1.39. The van der Waals surface area contributed by atoms with Crippen molar-refractivity contribution in [3.8, 4) is 11.5 Å². The molecule has 0 aliphatic carbocycles. The van der Waals surface area contributed by atoms with Crippen LogP contribution in [0.4, 0.5) is 10.8 Å². The number of nitrogens with one attached hydrogen (secondary N) is 1. The zero-order chi connectivity index (χ0) is 20.6. The molecule has 0 bridgehead atoms. The fraction of sp³-hybridized carbons (Fsp3) is 0.350. The largest absolute Gasteiger partial charge is 0.490 e. The van der Waals surface area contributed by atoms with Crippen molar-refractivity contribution in [3.05, 3.63) is 36.4 Å². The Kier molecular flexibility index (Phi) is 5.13. The number of hydrogen-bond acceptors (Lipinski definition) is 8. The van der Waals surface area contributed by atoms with Crippen molar-refractivity contribution in [1.29, 1.82) is 0 Å². The first-order valence-electron chi connectivity index (χ1n) is 9.74. The summed E-state index contributed by atoms with van der Waals surface area (Å²) in [5, 5.41) is 0.927. The first-order valence-corrected chi connectivity index (χ1v) is 12.0. The van der Waals surface area contributed by atoms with Gasteiger partial charge in [-0.3, -0.25) is 4.72 Å². The van der Waals surface area contributed by atoms with Gasteiger partial charge in [-0.1, -0.05) is 11.3 Å². The smallest absolute Gasteiger partial charge is 0.262 e. The third-order valence-electron chi connectivity index (χ3n) is 4.94. The van der Waals surface area contributed by atoms with Crippen molar-refractivity contribution in [2.45, 2.75) is 11.3 Å². The van der Waals surface area contributed by atoms with E-state index in [0.29, 0.717) is 43.6 Å². The van der Waals surface area contributed by atoms with E-state index in [-0.39, 0.29) is 4.90 Å². The number of thiazole rings is 1. The Morgan fingerprint density at radius 3 is 2.60 bits per heavy atom. The number of benzene rings is 2. The molecule has 1 fully saturated rings. The van der Waals surface area contributed by atoms with Crippen molar-refractivity contribution in [2.24, 2.45) is 0 Å². The van der Waals surface area contributed by atoms with Crippen LogP contribution < -0.4 is 19.1 Å². The topological polar surface area (TPSA) is 90.0 Å². The summed E-state index contributed by atoms with van der Waals surface area (Å²) in [5.41, 5.74) is 1.34. The van der Waals surface area contributed by atoms with E-state index in [1.807, 2.05) is 12.1 Å². The monoisotopic (exact) mass is 447 g/mol. The lowest BCUT2D eigenvalue weighted by atomic mass is 10.3. The molecule has 10 heteroatoms. The van der Waals surface area contributed by atoms with Gasteiger partial charge >= 0.3 is 0 Å². The van der Waals surface area contributed by atoms with Crippen molar-refractivity contribution < 1.29 is 22.6 Å². The van der Waals surface area contributed by atoms with Crippen LogP contribution >= 0.6 is 11.3 Å². The van der Waals surface area contributed by atoms with E-state index in [1.54, 1.807) is 23.5 Å². The van der Waals surface area contributed by atoms with Crippen LogP contribution in [0.3, 0.4) is 0 Å².